The summed E-state index contributed by atoms with van der Waals surface area (Å²) < 4.78 is 41.6. The third-order valence-corrected chi connectivity index (χ3v) is 4.74. The maximum Gasteiger partial charge on any atom is 0.265 e. The summed E-state index contributed by atoms with van der Waals surface area (Å²) in [6.45, 7) is 1.70. The summed E-state index contributed by atoms with van der Waals surface area (Å²) in [5.41, 5.74) is 0.157. The van der Waals surface area contributed by atoms with Gasteiger partial charge in [0.15, 0.2) is 5.67 Å². The molecule has 0 bridgehead atoms. The van der Waals surface area contributed by atoms with E-state index < -0.39 is 17.3 Å². The van der Waals surface area contributed by atoms with Crippen LogP contribution < -0.4 is 0 Å². The average molecular weight is 326 g/mol. The van der Waals surface area contributed by atoms with Crippen LogP contribution >= 0.6 is 11.3 Å². The predicted octanol–water partition coefficient (Wildman–Crippen LogP) is 3.44. The van der Waals surface area contributed by atoms with E-state index in [2.05, 4.69) is 4.98 Å². The van der Waals surface area contributed by atoms with E-state index in [1.54, 1.807) is 12.4 Å². The van der Waals surface area contributed by atoms with Gasteiger partial charge in [-0.15, -0.1) is 11.3 Å². The van der Waals surface area contributed by atoms with E-state index in [4.69, 9.17) is 0 Å². The number of hydrogen-bond donors (Lipinski definition) is 0. The van der Waals surface area contributed by atoms with E-state index in [9.17, 15) is 13.6 Å². The number of carbonyl (C=O) groups excluding carboxylic acids is 1. The molecule has 2 aromatic rings. The van der Waals surface area contributed by atoms with Crippen molar-refractivity contribution in [3.63, 3.8) is 0 Å². The van der Waals surface area contributed by atoms with Gasteiger partial charge in [-0.3, -0.25) is 4.79 Å². The van der Waals surface area contributed by atoms with E-state index in [1.165, 1.54) is 16.2 Å². The zero-order valence-electron chi connectivity index (χ0n) is 11.8. The molecule has 0 aliphatic carbocycles. The standard InChI is InChI=1S/C15H13F3N2OS/c1-9-13(22-8-19-9)14(21)20-3-2-15(18,7-20)10-4-11(16)6-12(17)5-10/h4-6,8H,2-3,7H2,1H3/t15-/m0/s1. The third-order valence-electron chi connectivity index (χ3n) is 3.83. The van der Waals surface area contributed by atoms with Crippen LogP contribution in [0.25, 0.3) is 0 Å². The van der Waals surface area contributed by atoms with Gasteiger partial charge in [-0.2, -0.15) is 0 Å². The summed E-state index contributed by atoms with van der Waals surface area (Å²) in [5, 5.41) is 0. The Hall–Kier alpha value is -1.89. The molecule has 2 heterocycles. The Kier molecular flexibility index (Phi) is 3.68. The number of aryl methyl sites for hydroxylation is 1. The highest BCUT2D eigenvalue weighted by molar-refractivity contribution is 7.11. The first-order chi connectivity index (χ1) is 10.4. The molecule has 1 fully saturated rings. The van der Waals surface area contributed by atoms with Gasteiger partial charge in [0, 0.05) is 19.0 Å². The molecule has 1 aromatic heterocycles. The molecule has 1 aliphatic heterocycles. The summed E-state index contributed by atoms with van der Waals surface area (Å²) >= 11 is 1.20. The fraction of sp³-hybridized carbons (Fsp3) is 0.333. The number of amides is 1. The largest absolute Gasteiger partial charge is 0.334 e. The number of nitrogens with zero attached hydrogens (tertiary/aromatic N) is 2. The van der Waals surface area contributed by atoms with Crippen LogP contribution in [0.4, 0.5) is 13.2 Å². The van der Waals surface area contributed by atoms with Crippen molar-refractivity contribution in [2.75, 3.05) is 13.1 Å². The molecule has 3 rings (SSSR count). The predicted molar refractivity (Wildman–Crippen MR) is 76.5 cm³/mol. The Morgan fingerprint density at radius 2 is 2.00 bits per heavy atom. The Morgan fingerprint density at radius 1 is 1.32 bits per heavy atom. The van der Waals surface area contributed by atoms with Crippen LogP contribution in [-0.2, 0) is 5.67 Å². The van der Waals surface area contributed by atoms with Gasteiger partial charge in [0.05, 0.1) is 17.7 Å². The van der Waals surface area contributed by atoms with E-state index in [-0.39, 0.29) is 31.0 Å². The smallest absolute Gasteiger partial charge is 0.265 e. The highest BCUT2D eigenvalue weighted by atomic mass is 32.1. The second kappa shape index (κ2) is 5.39. The van der Waals surface area contributed by atoms with Gasteiger partial charge in [-0.1, -0.05) is 0 Å². The molecule has 0 unspecified atom stereocenters. The molecule has 3 nitrogen and oxygen atoms in total. The van der Waals surface area contributed by atoms with Crippen LogP contribution in [0.5, 0.6) is 0 Å². The van der Waals surface area contributed by atoms with Crippen LogP contribution in [-0.4, -0.2) is 28.9 Å². The molecule has 7 heteroatoms. The molecular formula is C15H13F3N2OS. The van der Waals surface area contributed by atoms with E-state index in [0.717, 1.165) is 12.1 Å². The highest BCUT2D eigenvalue weighted by Crippen LogP contribution is 2.37. The molecule has 0 N–H and O–H groups in total. The summed E-state index contributed by atoms with van der Waals surface area (Å²) in [5.74, 6) is -1.94. The van der Waals surface area contributed by atoms with Crippen molar-refractivity contribution in [2.24, 2.45) is 0 Å². The lowest BCUT2D eigenvalue weighted by molar-refractivity contribution is 0.0754. The van der Waals surface area contributed by atoms with Gasteiger partial charge in [0.2, 0.25) is 0 Å². The zero-order valence-corrected chi connectivity index (χ0v) is 12.6. The Morgan fingerprint density at radius 3 is 2.59 bits per heavy atom. The van der Waals surface area contributed by atoms with Gasteiger partial charge >= 0.3 is 0 Å². The van der Waals surface area contributed by atoms with Gasteiger partial charge in [-0.25, -0.2) is 18.2 Å². The minimum atomic E-state index is -1.93. The lowest BCUT2D eigenvalue weighted by Crippen LogP contribution is -2.32. The van der Waals surface area contributed by atoms with Crippen molar-refractivity contribution in [2.45, 2.75) is 19.0 Å². The number of halogens is 3. The molecule has 1 saturated heterocycles. The van der Waals surface area contributed by atoms with Crippen molar-refractivity contribution in [3.8, 4) is 0 Å². The van der Waals surface area contributed by atoms with Gasteiger partial charge in [0.1, 0.15) is 16.5 Å². The quantitative estimate of drug-likeness (QED) is 0.847. The fourth-order valence-corrected chi connectivity index (χ4v) is 3.41. The van der Waals surface area contributed by atoms with Crippen molar-refractivity contribution in [3.05, 3.63) is 51.5 Å². The molecule has 1 amide bonds. The van der Waals surface area contributed by atoms with Gasteiger partial charge in [-0.05, 0) is 24.6 Å². The van der Waals surface area contributed by atoms with Gasteiger partial charge < -0.3 is 4.90 Å². The summed E-state index contributed by atoms with van der Waals surface area (Å²) in [4.78, 5) is 18.2. The second-order valence-corrected chi connectivity index (χ2v) is 6.22. The normalized spacial score (nSPS) is 21.4. The van der Waals surface area contributed by atoms with Crippen LogP contribution in [0.2, 0.25) is 0 Å². The number of benzene rings is 1. The molecule has 0 radical (unpaired) electrons. The number of hydrogen-bond acceptors (Lipinski definition) is 3. The maximum atomic E-state index is 15.0. The Bertz CT molecular complexity index is 713. The lowest BCUT2D eigenvalue weighted by Gasteiger charge is -2.21. The monoisotopic (exact) mass is 326 g/mol. The van der Waals surface area contributed by atoms with Crippen LogP contribution in [0.15, 0.2) is 23.7 Å². The van der Waals surface area contributed by atoms with Crippen LogP contribution in [0.1, 0.15) is 27.3 Å². The molecule has 22 heavy (non-hydrogen) atoms. The fourth-order valence-electron chi connectivity index (χ4n) is 2.65. The van der Waals surface area contributed by atoms with Crippen molar-refractivity contribution in [1.29, 1.82) is 0 Å². The zero-order chi connectivity index (χ0) is 15.9. The second-order valence-electron chi connectivity index (χ2n) is 5.37. The van der Waals surface area contributed by atoms with Gasteiger partial charge in [0.25, 0.3) is 5.91 Å². The number of likely N-dealkylation sites (tertiary alicyclic amines) is 1. The lowest BCUT2D eigenvalue weighted by atomic mass is 9.95. The first-order valence-corrected chi connectivity index (χ1v) is 7.62. The first kappa shape index (κ1) is 15.0. The maximum absolute atomic E-state index is 15.0. The minimum Gasteiger partial charge on any atom is -0.334 e. The van der Waals surface area contributed by atoms with Crippen LogP contribution in [0.3, 0.4) is 0 Å². The van der Waals surface area contributed by atoms with Crippen molar-refractivity contribution < 1.29 is 18.0 Å². The molecule has 0 spiro atoms. The number of aromatic nitrogens is 1. The number of rotatable bonds is 2. The summed E-state index contributed by atoms with van der Waals surface area (Å²) in [7, 11) is 0. The van der Waals surface area contributed by atoms with E-state index >= 15 is 4.39 Å². The van der Waals surface area contributed by atoms with Crippen LogP contribution in [0, 0.1) is 18.6 Å². The number of carbonyl (C=O) groups is 1. The molecular weight excluding hydrogens is 313 g/mol. The molecule has 116 valence electrons. The summed E-state index contributed by atoms with van der Waals surface area (Å²) in [6.07, 6.45) is 0.0134. The Balaban J connectivity index is 1.84. The third kappa shape index (κ3) is 2.61. The van der Waals surface area contributed by atoms with E-state index in [0.29, 0.717) is 16.6 Å². The summed E-state index contributed by atoms with van der Waals surface area (Å²) in [6, 6.07) is 2.66. The number of thiazole rings is 1. The first-order valence-electron chi connectivity index (χ1n) is 6.74. The highest BCUT2D eigenvalue weighted by Gasteiger charge is 2.42. The average Bonchev–Trinajstić information content (AvgIpc) is 3.04. The van der Waals surface area contributed by atoms with E-state index in [1.807, 2.05) is 0 Å². The topological polar surface area (TPSA) is 33.2 Å². The SMILES string of the molecule is Cc1ncsc1C(=O)N1CC[C@@](F)(c2cc(F)cc(F)c2)C1. The molecule has 1 aliphatic rings. The van der Waals surface area contributed by atoms with Crippen molar-refractivity contribution in [1.82, 2.24) is 9.88 Å². The minimum absolute atomic E-state index is 0.0134. The molecule has 0 saturated carbocycles. The molecule has 1 aromatic carbocycles. The number of alkyl halides is 1. The van der Waals surface area contributed by atoms with Crippen molar-refractivity contribution >= 4 is 17.2 Å². The molecule has 1 atom stereocenters. The Labute approximate surface area is 129 Å².